The van der Waals surface area contributed by atoms with Gasteiger partial charge in [0.05, 0.1) is 24.1 Å². The van der Waals surface area contributed by atoms with Crippen LogP contribution in [0.5, 0.6) is 0 Å². The summed E-state index contributed by atoms with van der Waals surface area (Å²) in [4.78, 5) is 97.5. The zero-order valence-corrected chi connectivity index (χ0v) is 35.9. The van der Waals surface area contributed by atoms with Crippen molar-refractivity contribution in [3.63, 3.8) is 0 Å². The number of aliphatic hydroxyl groups excluding tert-OH is 2. The van der Waals surface area contributed by atoms with E-state index in [1.165, 1.54) is 32.9 Å². The van der Waals surface area contributed by atoms with Gasteiger partial charge in [0.1, 0.15) is 23.9 Å². The van der Waals surface area contributed by atoms with E-state index in [1.54, 1.807) is 52.8 Å². The minimum Gasteiger partial charge on any atom is -0.455 e. The zero-order chi connectivity index (χ0) is 44.9. The number of amides is 3. The maximum absolute atomic E-state index is 15.5. The summed E-state index contributed by atoms with van der Waals surface area (Å²) in [6.45, 7) is 13.2. The Bertz CT molecular complexity index is 2080. The highest BCUT2D eigenvalue weighted by molar-refractivity contribution is 5.99. The number of imide groups is 1. The van der Waals surface area contributed by atoms with Crippen LogP contribution in [0.1, 0.15) is 98.4 Å². The molecule has 1 aromatic carbocycles. The monoisotopic (exact) mass is 852 g/mol. The number of hydrogen-bond acceptors (Lipinski definition) is 15. The Morgan fingerprint density at radius 2 is 1.64 bits per heavy atom. The number of urea groups is 1. The molecule has 2 bridgehead atoms. The molecule has 3 amide bonds. The van der Waals surface area contributed by atoms with Crippen LogP contribution in [0.4, 0.5) is 9.59 Å². The third-order valence-electron chi connectivity index (χ3n) is 14.3. The molecular weight excluding hydrogens is 796 g/mol. The number of nitrogens with one attached hydrogen (secondary N) is 1. The first-order chi connectivity index (χ1) is 28.4. The maximum atomic E-state index is 15.5. The Labute approximate surface area is 353 Å². The molecule has 3 saturated carbocycles. The van der Waals surface area contributed by atoms with Crippen LogP contribution in [-0.4, -0.2) is 122 Å². The number of rotatable bonds is 10. The van der Waals surface area contributed by atoms with Crippen molar-refractivity contribution in [2.75, 3.05) is 6.61 Å². The molecule has 61 heavy (non-hydrogen) atoms. The predicted molar refractivity (Wildman–Crippen MR) is 210 cm³/mol. The van der Waals surface area contributed by atoms with Crippen molar-refractivity contribution in [1.29, 1.82) is 0 Å². The summed E-state index contributed by atoms with van der Waals surface area (Å²) in [5.41, 5.74) is -8.01. The van der Waals surface area contributed by atoms with Crippen LogP contribution in [-0.2, 0) is 42.9 Å². The van der Waals surface area contributed by atoms with Gasteiger partial charge in [-0.25, -0.2) is 14.4 Å². The van der Waals surface area contributed by atoms with E-state index in [1.807, 2.05) is 0 Å². The molecule has 17 heteroatoms. The smallest absolute Gasteiger partial charge is 0.421 e. The van der Waals surface area contributed by atoms with Crippen LogP contribution in [0, 0.1) is 34.5 Å². The number of Topliss-reactive ketones (excluding diaryl/α,β-unsaturated/α-hetero) is 2. The van der Waals surface area contributed by atoms with E-state index in [4.69, 9.17) is 23.7 Å². The summed E-state index contributed by atoms with van der Waals surface area (Å²) in [6, 6.07) is 5.48. The molecule has 1 aromatic rings. The van der Waals surface area contributed by atoms with E-state index in [9.17, 15) is 39.3 Å². The molecule has 12 atom stereocenters. The van der Waals surface area contributed by atoms with Crippen LogP contribution in [0.15, 0.2) is 41.5 Å². The van der Waals surface area contributed by atoms with Gasteiger partial charge in [0.15, 0.2) is 35.1 Å². The first-order valence-electron chi connectivity index (χ1n) is 20.8. The molecule has 6 aliphatic rings. The number of hydrogen-bond donors (Lipinski definition) is 4. The molecule has 4 N–H and O–H groups in total. The van der Waals surface area contributed by atoms with Gasteiger partial charge in [-0.15, -0.1) is 0 Å². The van der Waals surface area contributed by atoms with Crippen molar-refractivity contribution in [3.8, 4) is 0 Å². The first kappa shape index (κ1) is 44.3. The third-order valence-corrected chi connectivity index (χ3v) is 14.3. The average molecular weight is 853 g/mol. The number of cyclic esters (lactones) is 1. The lowest BCUT2D eigenvalue weighted by molar-refractivity contribution is -0.322. The number of esters is 3. The SMILES string of the molecule is CC(=O)O[C@H]1C(=O)[C@]23C[C@H]2C[C@H]2OC[C@@]2(OC(C)=O)[C@H]3[C@H](OC(=O)c2ccccc2)[C@]2(O)C[C@H](C(=O)[C@H](O)[C@H](CC(C)C)NC(=O)N3C(=O)OC(C)(C)[C@H]3O)C(C)=C1C2(C)C. The number of nitrogens with zero attached hydrogens (tertiary/aromatic N) is 1. The minimum atomic E-state index is -2.31. The molecule has 332 valence electrons. The van der Waals surface area contributed by atoms with Crippen molar-refractivity contribution in [2.45, 2.75) is 141 Å². The Balaban J connectivity index is 1.39. The van der Waals surface area contributed by atoms with Crippen LogP contribution in [0.3, 0.4) is 0 Å². The fourth-order valence-electron chi connectivity index (χ4n) is 11.2. The Kier molecular flexibility index (Phi) is 10.9. The second kappa shape index (κ2) is 15.0. The van der Waals surface area contributed by atoms with Gasteiger partial charge in [-0.1, -0.05) is 51.5 Å². The van der Waals surface area contributed by atoms with E-state index >= 15 is 9.59 Å². The van der Waals surface area contributed by atoms with Crippen molar-refractivity contribution >= 4 is 41.6 Å². The van der Waals surface area contributed by atoms with E-state index in [-0.39, 0.29) is 42.1 Å². The number of ketones is 2. The maximum Gasteiger partial charge on any atom is 0.421 e. The first-order valence-corrected chi connectivity index (χ1v) is 20.8. The fraction of sp³-hybridized carbons (Fsp3) is 0.659. The number of aliphatic hydroxyl groups is 3. The van der Waals surface area contributed by atoms with Gasteiger partial charge in [0.25, 0.3) is 0 Å². The highest BCUT2D eigenvalue weighted by Crippen LogP contribution is 2.75. The van der Waals surface area contributed by atoms with Crippen molar-refractivity contribution in [1.82, 2.24) is 10.2 Å². The molecule has 17 nitrogen and oxygen atoms in total. The van der Waals surface area contributed by atoms with Crippen LogP contribution in [0.2, 0.25) is 0 Å². The van der Waals surface area contributed by atoms with E-state index in [0.717, 1.165) is 6.92 Å². The largest absolute Gasteiger partial charge is 0.455 e. The van der Waals surface area contributed by atoms with Crippen LogP contribution < -0.4 is 5.32 Å². The molecule has 2 aliphatic heterocycles. The molecule has 5 fully saturated rings. The fourth-order valence-corrected chi connectivity index (χ4v) is 11.2. The van der Waals surface area contributed by atoms with Crippen molar-refractivity contribution in [3.05, 3.63) is 47.0 Å². The normalized spacial score (nSPS) is 36.3. The van der Waals surface area contributed by atoms with Gasteiger partial charge in [0, 0.05) is 30.6 Å². The van der Waals surface area contributed by atoms with E-state index in [0.29, 0.717) is 11.3 Å². The van der Waals surface area contributed by atoms with Gasteiger partial charge < -0.3 is 44.3 Å². The molecule has 0 aromatic heterocycles. The Morgan fingerprint density at radius 3 is 2.18 bits per heavy atom. The molecule has 0 radical (unpaired) electrons. The average Bonchev–Trinajstić information content (AvgIpc) is 3.84. The number of allylic oxidation sites excluding steroid dienone is 1. The summed E-state index contributed by atoms with van der Waals surface area (Å²) in [6.07, 6.45) is -8.92. The quantitative estimate of drug-likeness (QED) is 0.150. The van der Waals surface area contributed by atoms with Crippen LogP contribution >= 0.6 is 0 Å². The third kappa shape index (κ3) is 6.77. The summed E-state index contributed by atoms with van der Waals surface area (Å²) >= 11 is 0. The molecule has 4 aliphatic carbocycles. The Morgan fingerprint density at radius 1 is 0.984 bits per heavy atom. The molecule has 7 rings (SSSR count). The number of ether oxygens (including phenoxy) is 5. The van der Waals surface area contributed by atoms with E-state index in [2.05, 4.69) is 5.32 Å². The number of fused-ring (bicyclic) bond motifs is 4. The summed E-state index contributed by atoms with van der Waals surface area (Å²) < 4.78 is 29.7. The van der Waals surface area contributed by atoms with E-state index < -0.39 is 130 Å². The van der Waals surface area contributed by atoms with Gasteiger partial charge in [-0.2, -0.15) is 4.90 Å². The van der Waals surface area contributed by atoms with Gasteiger partial charge >= 0.3 is 30.0 Å². The Hall–Kier alpha value is -4.71. The van der Waals surface area contributed by atoms with Gasteiger partial charge in [-0.05, 0) is 76.0 Å². The number of benzene rings is 1. The van der Waals surface area contributed by atoms with Crippen LogP contribution in [0.25, 0.3) is 0 Å². The summed E-state index contributed by atoms with van der Waals surface area (Å²) in [5.74, 6) is -7.24. The molecule has 2 heterocycles. The standard InChI is InChI=1S/C44H56N2O15/c1-20(2)15-27(45-38(54)46-37(53)41(8,9)61-39(46)55)31(50)30(49)26-18-44(56)35(59-36(52)24-13-11-10-12-14-24)33-42(17-25(42)16-28-43(33,19-57-28)60-23(5)48)34(51)32(58-22(4)47)29(21(26)3)40(44,6)7/h10-14,20,25-28,31-33,35,37,50,53,56H,15-19H2,1-9H3,(H,45,54)/t25-,26+,27+,28-,31-,32-,33+,35+,37-,42-,43+,44-/m1/s1. The predicted octanol–water partition coefficient (Wildman–Crippen LogP) is 3.15. The molecular formula is C44H56N2O15. The lowest BCUT2D eigenvalue weighted by atomic mass is 9.47. The highest BCUT2D eigenvalue weighted by atomic mass is 16.6. The van der Waals surface area contributed by atoms with Crippen molar-refractivity contribution in [2.24, 2.45) is 34.5 Å². The zero-order valence-electron chi connectivity index (χ0n) is 35.9. The second-order valence-corrected chi connectivity index (χ2v) is 19.2. The highest BCUT2D eigenvalue weighted by Gasteiger charge is 2.84. The molecule has 1 spiro atoms. The molecule has 2 saturated heterocycles. The topological polar surface area (TPSA) is 242 Å². The minimum absolute atomic E-state index is 0.00324. The summed E-state index contributed by atoms with van der Waals surface area (Å²) in [7, 11) is 0. The molecule has 0 unspecified atom stereocenters. The summed E-state index contributed by atoms with van der Waals surface area (Å²) in [5, 5.41) is 39.1. The lowest BCUT2D eigenvalue weighted by Crippen LogP contribution is -2.78. The van der Waals surface area contributed by atoms with Gasteiger partial charge in [0.2, 0.25) is 0 Å². The number of carbonyl (C=O) groups is 7. The van der Waals surface area contributed by atoms with Gasteiger partial charge in [-0.3, -0.25) is 19.2 Å². The lowest BCUT2D eigenvalue weighted by Gasteiger charge is -2.64. The van der Waals surface area contributed by atoms with Crippen molar-refractivity contribution < 1.29 is 72.6 Å². The number of carbonyl (C=O) groups excluding carboxylic acids is 7. The second-order valence-electron chi connectivity index (χ2n) is 19.2.